The van der Waals surface area contributed by atoms with Gasteiger partial charge < -0.3 is 0 Å². The third-order valence-corrected chi connectivity index (χ3v) is 3.48. The number of halogens is 1. The Labute approximate surface area is 120 Å². The number of benzene rings is 1. The van der Waals surface area contributed by atoms with Crippen LogP contribution in [0.5, 0.6) is 0 Å². The zero-order valence-corrected chi connectivity index (χ0v) is 11.9. The molecular weight excluding hydrogens is 284 g/mol. The van der Waals surface area contributed by atoms with Crippen molar-refractivity contribution in [3.05, 3.63) is 40.7 Å². The highest BCUT2D eigenvalue weighted by atomic mass is 35.5. The van der Waals surface area contributed by atoms with Crippen molar-refractivity contribution in [2.24, 2.45) is 0 Å². The smallest absolute Gasteiger partial charge is 0.248 e. The number of rotatable bonds is 5. The molecule has 0 aliphatic carbocycles. The van der Waals surface area contributed by atoms with Gasteiger partial charge in [-0.15, -0.1) is 16.9 Å². The molecule has 0 aliphatic rings. The molecule has 2 N–H and O–H groups in total. The maximum atomic E-state index is 11.6. The summed E-state index contributed by atoms with van der Waals surface area (Å²) in [5.41, 5.74) is 1.10. The second kappa shape index (κ2) is 6.58. The first-order valence-electron chi connectivity index (χ1n) is 5.64. The highest BCUT2D eigenvalue weighted by Gasteiger charge is 2.06. The highest BCUT2D eigenvalue weighted by Crippen LogP contribution is 2.16. The van der Waals surface area contributed by atoms with Crippen molar-refractivity contribution in [1.29, 1.82) is 0 Å². The summed E-state index contributed by atoms with van der Waals surface area (Å²) in [6.07, 6.45) is 0. The van der Waals surface area contributed by atoms with Crippen LogP contribution in [-0.2, 0) is 10.5 Å². The number of carbonyl (C=O) groups excluding carboxylic acids is 1. The van der Waals surface area contributed by atoms with Crippen LogP contribution in [0, 0.1) is 6.92 Å². The van der Waals surface area contributed by atoms with E-state index < -0.39 is 0 Å². The summed E-state index contributed by atoms with van der Waals surface area (Å²) in [6.45, 7) is 1.77. The van der Waals surface area contributed by atoms with Gasteiger partial charge in [-0.3, -0.25) is 15.2 Å². The van der Waals surface area contributed by atoms with Crippen molar-refractivity contribution in [2.75, 3.05) is 11.1 Å². The van der Waals surface area contributed by atoms with Gasteiger partial charge in [0.1, 0.15) is 5.82 Å². The molecule has 1 heterocycles. The summed E-state index contributed by atoms with van der Waals surface area (Å²) in [5.74, 6) is 1.94. The number of hydrogen-bond donors (Lipinski definition) is 2. The number of aryl methyl sites for hydroxylation is 1. The maximum absolute atomic E-state index is 11.6. The molecule has 2 rings (SSSR count). The van der Waals surface area contributed by atoms with Crippen molar-refractivity contribution in [3.63, 3.8) is 0 Å². The van der Waals surface area contributed by atoms with Crippen LogP contribution in [0.25, 0.3) is 0 Å². The fraction of sp³-hybridized carbons (Fsp3) is 0.250. The Morgan fingerprint density at radius 3 is 3.05 bits per heavy atom. The maximum Gasteiger partial charge on any atom is 0.248 e. The van der Waals surface area contributed by atoms with E-state index in [1.54, 1.807) is 6.92 Å². The van der Waals surface area contributed by atoms with Crippen LogP contribution in [0.3, 0.4) is 0 Å². The normalized spacial score (nSPS) is 10.4. The zero-order chi connectivity index (χ0) is 13.7. The fourth-order valence-electron chi connectivity index (χ4n) is 1.45. The van der Waals surface area contributed by atoms with Gasteiger partial charge in [0.25, 0.3) is 0 Å². The second-order valence-corrected chi connectivity index (χ2v) is 5.34. The Bertz CT molecular complexity index is 572. The summed E-state index contributed by atoms with van der Waals surface area (Å²) in [5, 5.41) is 9.83. The van der Waals surface area contributed by atoms with Crippen LogP contribution in [0.15, 0.2) is 24.3 Å². The number of nitrogens with zero attached hydrogens (tertiary/aromatic N) is 2. The molecule has 100 valence electrons. The third-order valence-electron chi connectivity index (χ3n) is 2.24. The number of thioether (sulfide) groups is 1. The highest BCUT2D eigenvalue weighted by molar-refractivity contribution is 7.99. The summed E-state index contributed by atoms with van der Waals surface area (Å²) in [7, 11) is 0. The number of aromatic amines is 1. The minimum Gasteiger partial charge on any atom is -0.293 e. The van der Waals surface area contributed by atoms with Gasteiger partial charge in [0.05, 0.1) is 5.75 Å². The van der Waals surface area contributed by atoms with E-state index in [2.05, 4.69) is 20.5 Å². The van der Waals surface area contributed by atoms with Crippen molar-refractivity contribution >= 4 is 35.2 Å². The van der Waals surface area contributed by atoms with E-state index in [-0.39, 0.29) is 5.91 Å². The van der Waals surface area contributed by atoms with Gasteiger partial charge in [-0.05, 0) is 24.6 Å². The number of carbonyl (C=O) groups is 1. The topological polar surface area (TPSA) is 70.7 Å². The Morgan fingerprint density at radius 2 is 2.37 bits per heavy atom. The largest absolute Gasteiger partial charge is 0.293 e. The number of H-pyrrole nitrogens is 1. The average molecular weight is 297 g/mol. The predicted octanol–water partition coefficient (Wildman–Crippen LogP) is 2.64. The number of amides is 1. The van der Waals surface area contributed by atoms with E-state index in [9.17, 15) is 4.79 Å². The quantitative estimate of drug-likeness (QED) is 0.890. The van der Waals surface area contributed by atoms with Crippen LogP contribution in [0.4, 0.5) is 5.95 Å². The van der Waals surface area contributed by atoms with Crippen molar-refractivity contribution < 1.29 is 4.79 Å². The van der Waals surface area contributed by atoms with Gasteiger partial charge in [-0.25, -0.2) is 0 Å². The average Bonchev–Trinajstić information content (AvgIpc) is 2.75. The van der Waals surface area contributed by atoms with Gasteiger partial charge >= 0.3 is 0 Å². The first-order valence-corrected chi connectivity index (χ1v) is 7.18. The number of nitrogens with one attached hydrogen (secondary N) is 2. The van der Waals surface area contributed by atoms with Crippen LogP contribution in [-0.4, -0.2) is 26.8 Å². The molecule has 0 fully saturated rings. The SMILES string of the molecule is Cc1nc(NC(=O)CSCc2cccc(Cl)c2)n[nH]1. The molecule has 0 saturated heterocycles. The molecule has 2 aromatic rings. The molecule has 7 heteroatoms. The second-order valence-electron chi connectivity index (χ2n) is 3.92. The molecule has 5 nitrogen and oxygen atoms in total. The molecule has 0 saturated carbocycles. The van der Waals surface area contributed by atoms with Gasteiger partial charge in [0.2, 0.25) is 11.9 Å². The first-order chi connectivity index (χ1) is 9.13. The van der Waals surface area contributed by atoms with Crippen LogP contribution in [0.1, 0.15) is 11.4 Å². The molecule has 0 radical (unpaired) electrons. The summed E-state index contributed by atoms with van der Waals surface area (Å²) >= 11 is 7.40. The molecule has 0 aliphatic heterocycles. The summed E-state index contributed by atoms with van der Waals surface area (Å²) < 4.78 is 0. The molecule has 0 spiro atoms. The third kappa shape index (κ3) is 4.57. The number of hydrogen-bond acceptors (Lipinski definition) is 4. The Hall–Kier alpha value is -1.53. The van der Waals surface area contributed by atoms with E-state index in [1.165, 1.54) is 11.8 Å². The van der Waals surface area contributed by atoms with Crippen LogP contribution < -0.4 is 5.32 Å². The van der Waals surface area contributed by atoms with E-state index in [0.29, 0.717) is 22.5 Å². The summed E-state index contributed by atoms with van der Waals surface area (Å²) in [4.78, 5) is 15.6. The number of anilines is 1. The van der Waals surface area contributed by atoms with Gasteiger partial charge in [0.15, 0.2) is 0 Å². The van der Waals surface area contributed by atoms with Crippen molar-refractivity contribution in [3.8, 4) is 0 Å². The minimum atomic E-state index is -0.119. The van der Waals surface area contributed by atoms with Crippen LogP contribution >= 0.6 is 23.4 Å². The minimum absolute atomic E-state index is 0.119. The lowest BCUT2D eigenvalue weighted by atomic mass is 10.2. The molecule has 19 heavy (non-hydrogen) atoms. The molecule has 1 aromatic carbocycles. The molecule has 0 unspecified atom stereocenters. The predicted molar refractivity (Wildman–Crippen MR) is 77.4 cm³/mol. The van der Waals surface area contributed by atoms with Gasteiger partial charge in [0, 0.05) is 10.8 Å². The van der Waals surface area contributed by atoms with E-state index in [0.717, 1.165) is 11.3 Å². The Balaban J connectivity index is 1.75. The van der Waals surface area contributed by atoms with Gasteiger partial charge in [-0.1, -0.05) is 23.7 Å². The molecule has 0 bridgehead atoms. The summed E-state index contributed by atoms with van der Waals surface area (Å²) in [6, 6.07) is 7.60. The van der Waals surface area contributed by atoms with E-state index in [4.69, 9.17) is 11.6 Å². The van der Waals surface area contributed by atoms with E-state index >= 15 is 0 Å². The molecular formula is C12H13ClN4OS. The lowest BCUT2D eigenvalue weighted by Gasteiger charge is -2.02. The molecule has 1 aromatic heterocycles. The zero-order valence-electron chi connectivity index (χ0n) is 10.3. The van der Waals surface area contributed by atoms with Crippen LogP contribution in [0.2, 0.25) is 5.02 Å². The van der Waals surface area contributed by atoms with E-state index in [1.807, 2.05) is 24.3 Å². The fourth-order valence-corrected chi connectivity index (χ4v) is 2.44. The molecule has 1 amide bonds. The Morgan fingerprint density at radius 1 is 1.53 bits per heavy atom. The number of aromatic nitrogens is 3. The van der Waals surface area contributed by atoms with Gasteiger partial charge in [-0.2, -0.15) is 4.98 Å². The lowest BCUT2D eigenvalue weighted by Crippen LogP contribution is -2.15. The standard InChI is InChI=1S/C12H13ClN4OS/c1-8-14-12(17-16-8)15-11(18)7-19-6-9-3-2-4-10(13)5-9/h2-5H,6-7H2,1H3,(H2,14,15,16,17,18). The lowest BCUT2D eigenvalue weighted by molar-refractivity contribution is -0.113. The monoisotopic (exact) mass is 296 g/mol. The van der Waals surface area contributed by atoms with Crippen molar-refractivity contribution in [2.45, 2.75) is 12.7 Å². The van der Waals surface area contributed by atoms with Crippen molar-refractivity contribution in [1.82, 2.24) is 15.2 Å². The Kier molecular flexibility index (Phi) is 4.81. The molecule has 0 atom stereocenters. The first kappa shape index (κ1) is 13.9.